The highest BCUT2D eigenvalue weighted by molar-refractivity contribution is 7.92. The molecule has 4 rings (SSSR count). The summed E-state index contributed by atoms with van der Waals surface area (Å²) in [6.45, 7) is 0.538. The Morgan fingerprint density at radius 1 is 0.833 bits per heavy atom. The Hall–Kier alpha value is -4.90. The van der Waals surface area contributed by atoms with E-state index in [1.807, 2.05) is 0 Å². The van der Waals surface area contributed by atoms with Crippen LogP contribution in [-0.2, 0) is 10.0 Å². The maximum absolute atomic E-state index is 13.8. The summed E-state index contributed by atoms with van der Waals surface area (Å²) >= 11 is 0. The van der Waals surface area contributed by atoms with E-state index in [-0.39, 0.29) is 28.7 Å². The molecule has 3 N–H and O–H groups in total. The average Bonchev–Trinajstić information content (AvgIpc) is 2.98. The van der Waals surface area contributed by atoms with Crippen LogP contribution in [0.25, 0.3) is 11.1 Å². The van der Waals surface area contributed by atoms with Crippen molar-refractivity contribution in [1.29, 1.82) is 0 Å². The summed E-state index contributed by atoms with van der Waals surface area (Å²) in [7, 11) is 0.628. The molecule has 11 heteroatoms. The number of methoxy groups -OCH3 is 1. The summed E-state index contributed by atoms with van der Waals surface area (Å²) in [6, 6.07) is 24.1. The van der Waals surface area contributed by atoms with Crippen molar-refractivity contribution in [2.24, 2.45) is 0 Å². The lowest BCUT2D eigenvalue weighted by atomic mass is 10.0. The number of halogens is 1. The Morgan fingerprint density at radius 3 is 2.29 bits per heavy atom. The lowest BCUT2D eigenvalue weighted by Crippen LogP contribution is -2.29. The minimum Gasteiger partial charge on any atom is -0.495 e. The van der Waals surface area contributed by atoms with Crippen molar-refractivity contribution in [3.05, 3.63) is 108 Å². The van der Waals surface area contributed by atoms with Gasteiger partial charge in [0, 0.05) is 38.4 Å². The summed E-state index contributed by atoms with van der Waals surface area (Å²) < 4.78 is 48.7. The first-order valence-corrected chi connectivity index (χ1v) is 14.5. The molecule has 9 nitrogen and oxygen atoms in total. The number of ether oxygens (including phenoxy) is 1. The molecule has 0 aliphatic carbocycles. The minimum atomic E-state index is -4.08. The van der Waals surface area contributed by atoms with E-state index in [0.717, 1.165) is 0 Å². The summed E-state index contributed by atoms with van der Waals surface area (Å²) in [4.78, 5) is 26.0. The minimum absolute atomic E-state index is 0.0387. The van der Waals surface area contributed by atoms with Crippen LogP contribution >= 0.6 is 0 Å². The topological polar surface area (TPSA) is 117 Å². The highest BCUT2D eigenvalue weighted by Gasteiger charge is 2.21. The molecule has 0 aliphatic rings. The summed E-state index contributed by atoms with van der Waals surface area (Å²) in [5, 5.41) is 5.75. The van der Waals surface area contributed by atoms with E-state index < -0.39 is 21.7 Å². The predicted molar refractivity (Wildman–Crippen MR) is 161 cm³/mol. The number of carbonyl (C=O) groups is 2. The van der Waals surface area contributed by atoms with E-state index in [1.165, 1.54) is 36.3 Å². The zero-order valence-electron chi connectivity index (χ0n) is 23.3. The lowest BCUT2D eigenvalue weighted by molar-refractivity contribution is 0.0827. The van der Waals surface area contributed by atoms with Gasteiger partial charge >= 0.3 is 0 Å². The zero-order chi connectivity index (χ0) is 30.3. The highest BCUT2D eigenvalue weighted by atomic mass is 32.2. The van der Waals surface area contributed by atoms with Gasteiger partial charge in [0.05, 0.1) is 18.4 Å². The Morgan fingerprint density at radius 2 is 1.55 bits per heavy atom. The van der Waals surface area contributed by atoms with Gasteiger partial charge in [-0.3, -0.25) is 14.3 Å². The van der Waals surface area contributed by atoms with E-state index in [9.17, 15) is 22.4 Å². The molecule has 0 aromatic heterocycles. The van der Waals surface area contributed by atoms with Crippen LogP contribution in [-0.4, -0.2) is 59.4 Å². The van der Waals surface area contributed by atoms with Crippen LogP contribution in [0.3, 0.4) is 0 Å². The molecule has 0 spiro atoms. The van der Waals surface area contributed by atoms with Gasteiger partial charge in [-0.15, -0.1) is 0 Å². The second-order valence-corrected chi connectivity index (χ2v) is 11.1. The fraction of sp³-hybridized carbons (Fsp3) is 0.161. The SMILES string of the molecule is COc1ccc(-c2cccc(C(=O)N(C)C)c2)cc1S(=O)(=O)Nc1cccc(NCCNC(=O)c2ccccc2F)c1. The Bertz CT molecular complexity index is 1710. The number of nitrogens with one attached hydrogen (secondary N) is 3. The number of carbonyl (C=O) groups excluding carboxylic acids is 2. The maximum atomic E-state index is 13.8. The van der Waals surface area contributed by atoms with Gasteiger partial charge in [0.25, 0.3) is 21.8 Å². The van der Waals surface area contributed by atoms with Gasteiger partial charge in [-0.25, -0.2) is 12.8 Å². The van der Waals surface area contributed by atoms with E-state index >= 15 is 0 Å². The number of hydrogen-bond acceptors (Lipinski definition) is 6. The van der Waals surface area contributed by atoms with Crippen molar-refractivity contribution in [3.8, 4) is 16.9 Å². The highest BCUT2D eigenvalue weighted by Crippen LogP contribution is 2.32. The van der Waals surface area contributed by atoms with Gasteiger partial charge in [-0.05, 0) is 65.7 Å². The number of nitrogens with zero attached hydrogens (tertiary/aromatic N) is 1. The first-order valence-electron chi connectivity index (χ1n) is 13.0. The first kappa shape index (κ1) is 30.1. The number of hydrogen-bond donors (Lipinski definition) is 3. The fourth-order valence-corrected chi connectivity index (χ4v) is 5.43. The molecule has 0 radical (unpaired) electrons. The summed E-state index contributed by atoms with van der Waals surface area (Å²) in [5.74, 6) is -1.13. The van der Waals surface area contributed by atoms with Crippen LogP contribution in [0.2, 0.25) is 0 Å². The molecule has 0 aliphatic heterocycles. The molecule has 218 valence electrons. The van der Waals surface area contributed by atoms with Gasteiger partial charge in [-0.2, -0.15) is 0 Å². The van der Waals surface area contributed by atoms with Crippen molar-refractivity contribution in [2.45, 2.75) is 4.90 Å². The van der Waals surface area contributed by atoms with Gasteiger partial charge in [0.2, 0.25) is 0 Å². The van der Waals surface area contributed by atoms with Gasteiger partial charge in [-0.1, -0.05) is 36.4 Å². The van der Waals surface area contributed by atoms with Crippen LogP contribution < -0.4 is 20.1 Å². The molecule has 2 amide bonds. The molecule has 4 aromatic rings. The molecule has 42 heavy (non-hydrogen) atoms. The van der Waals surface area contributed by atoms with Crippen LogP contribution in [0.4, 0.5) is 15.8 Å². The molecule has 0 saturated carbocycles. The van der Waals surface area contributed by atoms with E-state index in [0.29, 0.717) is 34.6 Å². The van der Waals surface area contributed by atoms with Crippen molar-refractivity contribution < 1.29 is 27.1 Å². The normalized spacial score (nSPS) is 11.0. The van der Waals surface area contributed by atoms with Gasteiger partial charge in [0.15, 0.2) is 0 Å². The Kier molecular flexibility index (Phi) is 9.43. The summed E-state index contributed by atoms with van der Waals surface area (Å²) in [5.41, 5.74) is 2.63. The number of anilines is 2. The third-order valence-electron chi connectivity index (χ3n) is 6.28. The van der Waals surface area contributed by atoms with Crippen LogP contribution in [0.5, 0.6) is 5.75 Å². The van der Waals surface area contributed by atoms with E-state index in [4.69, 9.17) is 4.74 Å². The van der Waals surface area contributed by atoms with Crippen molar-refractivity contribution >= 4 is 33.2 Å². The lowest BCUT2D eigenvalue weighted by Gasteiger charge is -2.15. The first-order chi connectivity index (χ1) is 20.1. The second kappa shape index (κ2) is 13.2. The predicted octanol–water partition coefficient (Wildman–Crippen LogP) is 4.85. The van der Waals surface area contributed by atoms with Gasteiger partial charge in [0.1, 0.15) is 16.5 Å². The molecular formula is C31H31FN4O5S. The van der Waals surface area contributed by atoms with Crippen LogP contribution in [0.15, 0.2) is 95.9 Å². The molecule has 0 atom stereocenters. The third-order valence-corrected chi connectivity index (χ3v) is 7.68. The quantitative estimate of drug-likeness (QED) is 0.215. The van der Waals surface area contributed by atoms with Gasteiger partial charge < -0.3 is 20.3 Å². The molecule has 0 bridgehead atoms. The number of sulfonamides is 1. The smallest absolute Gasteiger partial charge is 0.265 e. The second-order valence-electron chi connectivity index (χ2n) is 9.49. The van der Waals surface area contributed by atoms with E-state index in [2.05, 4.69) is 15.4 Å². The number of rotatable bonds is 11. The Labute approximate surface area is 244 Å². The average molecular weight is 591 g/mol. The van der Waals surface area contributed by atoms with E-state index in [1.54, 1.807) is 80.8 Å². The standard InChI is InChI=1S/C31H31FN4O5S/c1-36(2)31(38)23-9-6-8-21(18-23)22-14-15-28(41-3)29(19-22)42(39,40)35-25-11-7-10-24(20-25)33-16-17-34-30(37)26-12-4-5-13-27(26)32/h4-15,18-20,33,35H,16-17H2,1-3H3,(H,34,37). The van der Waals surface area contributed by atoms with Crippen molar-refractivity contribution in [1.82, 2.24) is 10.2 Å². The largest absolute Gasteiger partial charge is 0.495 e. The molecule has 0 saturated heterocycles. The van der Waals surface area contributed by atoms with Crippen LogP contribution in [0.1, 0.15) is 20.7 Å². The molecule has 0 fully saturated rings. The fourth-order valence-electron chi connectivity index (χ4n) is 4.18. The summed E-state index contributed by atoms with van der Waals surface area (Å²) in [6.07, 6.45) is 0. The molecule has 0 unspecified atom stereocenters. The zero-order valence-corrected chi connectivity index (χ0v) is 24.2. The maximum Gasteiger partial charge on any atom is 0.265 e. The number of amides is 2. The third kappa shape index (κ3) is 7.24. The van der Waals surface area contributed by atoms with Crippen LogP contribution in [0, 0.1) is 5.82 Å². The van der Waals surface area contributed by atoms with Crippen molar-refractivity contribution in [2.75, 3.05) is 44.3 Å². The van der Waals surface area contributed by atoms with Crippen molar-refractivity contribution in [3.63, 3.8) is 0 Å². The Balaban J connectivity index is 1.47. The molecule has 0 heterocycles. The molecule has 4 aromatic carbocycles. The monoisotopic (exact) mass is 590 g/mol. The molecular weight excluding hydrogens is 559 g/mol. The number of benzene rings is 4.